The number of fused-ring (bicyclic) bond motifs is 1. The third-order valence-electron chi connectivity index (χ3n) is 5.59. The largest absolute Gasteiger partial charge is 0.379 e. The highest BCUT2D eigenvalue weighted by molar-refractivity contribution is 7.92. The van der Waals surface area contributed by atoms with Crippen molar-refractivity contribution in [2.75, 3.05) is 50.0 Å². The Hall–Kier alpha value is -2.04. The number of sulfone groups is 1. The molecular weight excluding hydrogens is 482 g/mol. The van der Waals surface area contributed by atoms with Crippen LogP contribution in [-0.2, 0) is 19.4 Å². The second-order valence-electron chi connectivity index (χ2n) is 7.96. The first kappa shape index (κ1) is 24.1. The summed E-state index contributed by atoms with van der Waals surface area (Å²) in [6, 6.07) is 11.8. The standard InChI is InChI=1S/C23H26ClN3O4S2/c1-17-8-9-19(24)22-21(17)25-23(32-22)27(11-5-10-26-12-14-31-15-13-26)20(28)16-33(29,30)18-6-3-2-4-7-18/h2-4,6-9H,5,10-16H2,1H3. The molecule has 7 nitrogen and oxygen atoms in total. The molecule has 0 spiro atoms. The van der Waals surface area contributed by atoms with Crippen LogP contribution in [0, 0.1) is 6.92 Å². The van der Waals surface area contributed by atoms with E-state index < -0.39 is 21.5 Å². The molecule has 4 rings (SSSR count). The van der Waals surface area contributed by atoms with E-state index in [9.17, 15) is 13.2 Å². The molecule has 1 aromatic heterocycles. The number of hydrogen-bond acceptors (Lipinski definition) is 7. The minimum Gasteiger partial charge on any atom is -0.379 e. The molecule has 0 aliphatic carbocycles. The molecule has 0 saturated carbocycles. The lowest BCUT2D eigenvalue weighted by Crippen LogP contribution is -2.40. The van der Waals surface area contributed by atoms with Crippen molar-refractivity contribution >= 4 is 54.0 Å². The third kappa shape index (κ3) is 5.73. The molecule has 33 heavy (non-hydrogen) atoms. The highest BCUT2D eigenvalue weighted by Gasteiger charge is 2.27. The van der Waals surface area contributed by atoms with Crippen molar-refractivity contribution in [1.29, 1.82) is 0 Å². The monoisotopic (exact) mass is 507 g/mol. The Morgan fingerprint density at radius 2 is 1.91 bits per heavy atom. The highest BCUT2D eigenvalue weighted by atomic mass is 35.5. The van der Waals surface area contributed by atoms with E-state index in [0.717, 1.165) is 35.4 Å². The quantitative estimate of drug-likeness (QED) is 0.461. The van der Waals surface area contributed by atoms with Gasteiger partial charge in [0.2, 0.25) is 5.91 Å². The molecule has 2 heterocycles. The van der Waals surface area contributed by atoms with Crippen molar-refractivity contribution in [2.24, 2.45) is 0 Å². The number of carbonyl (C=O) groups is 1. The number of benzene rings is 2. The molecule has 1 fully saturated rings. The highest BCUT2D eigenvalue weighted by Crippen LogP contribution is 2.36. The van der Waals surface area contributed by atoms with Crippen molar-refractivity contribution in [2.45, 2.75) is 18.2 Å². The maximum Gasteiger partial charge on any atom is 0.244 e. The summed E-state index contributed by atoms with van der Waals surface area (Å²) in [6.07, 6.45) is 0.694. The molecule has 1 saturated heterocycles. The summed E-state index contributed by atoms with van der Waals surface area (Å²) < 4.78 is 31.9. The van der Waals surface area contributed by atoms with Gasteiger partial charge in [-0.1, -0.05) is 47.2 Å². The number of amides is 1. The predicted molar refractivity (Wildman–Crippen MR) is 132 cm³/mol. The van der Waals surface area contributed by atoms with Gasteiger partial charge in [-0.25, -0.2) is 13.4 Å². The summed E-state index contributed by atoms with van der Waals surface area (Å²) in [5.41, 5.74) is 1.69. The fraction of sp³-hybridized carbons (Fsp3) is 0.391. The molecule has 0 bridgehead atoms. The van der Waals surface area contributed by atoms with Gasteiger partial charge in [0.05, 0.1) is 33.3 Å². The van der Waals surface area contributed by atoms with Gasteiger partial charge in [-0.05, 0) is 37.1 Å². The maximum atomic E-state index is 13.3. The van der Waals surface area contributed by atoms with Crippen molar-refractivity contribution in [3.63, 3.8) is 0 Å². The topological polar surface area (TPSA) is 79.8 Å². The van der Waals surface area contributed by atoms with Gasteiger partial charge in [0.25, 0.3) is 0 Å². The number of halogens is 1. The minimum atomic E-state index is -3.77. The summed E-state index contributed by atoms with van der Waals surface area (Å²) in [7, 11) is -3.77. The predicted octanol–water partition coefficient (Wildman–Crippen LogP) is 3.79. The van der Waals surface area contributed by atoms with Crippen LogP contribution in [0.4, 0.5) is 5.13 Å². The fourth-order valence-electron chi connectivity index (χ4n) is 3.76. The molecule has 3 aromatic rings. The summed E-state index contributed by atoms with van der Waals surface area (Å²) in [5.74, 6) is -1.11. The van der Waals surface area contributed by atoms with Gasteiger partial charge in [0.1, 0.15) is 5.75 Å². The Labute approximate surface area is 202 Å². The molecule has 176 valence electrons. The number of anilines is 1. The zero-order valence-electron chi connectivity index (χ0n) is 18.4. The minimum absolute atomic E-state index is 0.134. The van der Waals surface area contributed by atoms with Gasteiger partial charge < -0.3 is 4.74 Å². The van der Waals surface area contributed by atoms with E-state index in [2.05, 4.69) is 9.88 Å². The molecule has 0 atom stereocenters. The van der Waals surface area contributed by atoms with Crippen LogP contribution in [0.5, 0.6) is 0 Å². The smallest absolute Gasteiger partial charge is 0.244 e. The van der Waals surface area contributed by atoms with E-state index >= 15 is 0 Å². The molecule has 10 heteroatoms. The number of ether oxygens (including phenoxy) is 1. The molecule has 1 amide bonds. The van der Waals surface area contributed by atoms with Crippen LogP contribution in [0.25, 0.3) is 10.2 Å². The second-order valence-corrected chi connectivity index (χ2v) is 11.3. The summed E-state index contributed by atoms with van der Waals surface area (Å²) in [6.45, 7) is 6.21. The van der Waals surface area contributed by atoms with Gasteiger partial charge in [-0.15, -0.1) is 0 Å². The number of hydrogen-bond donors (Lipinski definition) is 0. The Bertz CT molecular complexity index is 1190. The SMILES string of the molecule is Cc1ccc(Cl)c2sc(N(CCCN3CCOCC3)C(=O)CS(=O)(=O)c3ccccc3)nc12. The van der Waals surface area contributed by atoms with E-state index in [4.69, 9.17) is 16.3 Å². The van der Waals surface area contributed by atoms with Crippen LogP contribution >= 0.6 is 22.9 Å². The first-order valence-electron chi connectivity index (χ1n) is 10.8. The number of rotatable bonds is 8. The van der Waals surface area contributed by atoms with Crippen LogP contribution in [0.2, 0.25) is 5.02 Å². The Balaban J connectivity index is 1.58. The first-order chi connectivity index (χ1) is 15.8. The Kier molecular flexibility index (Phi) is 7.65. The lowest BCUT2D eigenvalue weighted by molar-refractivity contribution is -0.116. The molecule has 1 aliphatic heterocycles. The lowest BCUT2D eigenvalue weighted by Gasteiger charge is -2.27. The van der Waals surface area contributed by atoms with E-state index in [0.29, 0.717) is 36.3 Å². The van der Waals surface area contributed by atoms with E-state index in [1.165, 1.54) is 28.4 Å². The molecule has 2 aromatic carbocycles. The van der Waals surface area contributed by atoms with Gasteiger partial charge in [-0.2, -0.15) is 0 Å². The number of aryl methyl sites for hydroxylation is 1. The number of aromatic nitrogens is 1. The normalized spacial score (nSPS) is 15.1. The number of nitrogens with zero attached hydrogens (tertiary/aromatic N) is 3. The van der Waals surface area contributed by atoms with Crippen molar-refractivity contribution in [3.05, 3.63) is 53.1 Å². The molecular formula is C23H26ClN3O4S2. The van der Waals surface area contributed by atoms with E-state index in [1.807, 2.05) is 19.1 Å². The van der Waals surface area contributed by atoms with Crippen LogP contribution < -0.4 is 4.90 Å². The van der Waals surface area contributed by atoms with Crippen molar-refractivity contribution < 1.29 is 17.9 Å². The number of carbonyl (C=O) groups excluding carboxylic acids is 1. The Morgan fingerprint density at radius 3 is 2.61 bits per heavy atom. The average Bonchev–Trinajstić information content (AvgIpc) is 3.26. The van der Waals surface area contributed by atoms with E-state index in [-0.39, 0.29) is 4.90 Å². The fourth-order valence-corrected chi connectivity index (χ4v) is 6.34. The molecule has 1 aliphatic rings. The lowest BCUT2D eigenvalue weighted by atomic mass is 10.2. The van der Waals surface area contributed by atoms with Crippen molar-refractivity contribution in [1.82, 2.24) is 9.88 Å². The summed E-state index contributed by atoms with van der Waals surface area (Å²) >= 11 is 7.69. The van der Waals surface area contributed by atoms with Gasteiger partial charge in [-0.3, -0.25) is 14.6 Å². The van der Waals surface area contributed by atoms with Crippen LogP contribution in [0.15, 0.2) is 47.4 Å². The van der Waals surface area contributed by atoms with Crippen LogP contribution in [-0.4, -0.2) is 69.4 Å². The van der Waals surface area contributed by atoms with E-state index in [1.54, 1.807) is 18.2 Å². The van der Waals surface area contributed by atoms with Gasteiger partial charge in [0, 0.05) is 26.2 Å². The average molecular weight is 508 g/mol. The number of thiazole rings is 1. The molecule has 0 N–H and O–H groups in total. The number of morpholine rings is 1. The van der Waals surface area contributed by atoms with Gasteiger partial charge in [0.15, 0.2) is 15.0 Å². The third-order valence-corrected chi connectivity index (χ3v) is 8.75. The first-order valence-corrected chi connectivity index (χ1v) is 13.6. The zero-order chi connectivity index (χ0) is 23.4. The van der Waals surface area contributed by atoms with Crippen LogP contribution in [0.3, 0.4) is 0 Å². The summed E-state index contributed by atoms with van der Waals surface area (Å²) in [4.78, 5) is 21.9. The van der Waals surface area contributed by atoms with Crippen molar-refractivity contribution in [3.8, 4) is 0 Å². The van der Waals surface area contributed by atoms with Crippen LogP contribution in [0.1, 0.15) is 12.0 Å². The Morgan fingerprint density at radius 1 is 1.18 bits per heavy atom. The van der Waals surface area contributed by atoms with Gasteiger partial charge >= 0.3 is 0 Å². The summed E-state index contributed by atoms with van der Waals surface area (Å²) in [5, 5.41) is 1.04. The molecule has 0 radical (unpaired) electrons. The zero-order valence-corrected chi connectivity index (χ0v) is 20.8. The molecule has 0 unspecified atom stereocenters. The maximum absolute atomic E-state index is 13.3. The second kappa shape index (κ2) is 10.5.